The summed E-state index contributed by atoms with van der Waals surface area (Å²) in [6.45, 7) is 0.177. The minimum Gasteiger partial charge on any atom is -0.245 e. The second-order valence-electron chi connectivity index (χ2n) is 1.01. The molecule has 1 rings (SSSR count). The fourth-order valence-corrected chi connectivity index (χ4v) is 0.230. The molecular formula is C2H6N2O3. The predicted octanol–water partition coefficient (Wildman–Crippen LogP) is -0.811. The molecule has 5 heteroatoms. The van der Waals surface area contributed by atoms with E-state index in [0.717, 1.165) is 5.23 Å². The van der Waals surface area contributed by atoms with Gasteiger partial charge in [-0.2, -0.15) is 4.94 Å². The molecule has 0 aromatic carbocycles. The summed E-state index contributed by atoms with van der Waals surface area (Å²) >= 11 is 0. The molecular weight excluding hydrogens is 100 g/mol. The molecule has 5 nitrogen and oxygen atoms in total. The van der Waals surface area contributed by atoms with Crippen molar-refractivity contribution in [1.29, 1.82) is 0 Å². The molecule has 0 aliphatic carbocycles. The molecule has 0 aromatic rings. The van der Waals surface area contributed by atoms with E-state index in [1.807, 2.05) is 0 Å². The van der Waals surface area contributed by atoms with Crippen LogP contribution in [0.3, 0.4) is 0 Å². The molecule has 1 saturated heterocycles. The fourth-order valence-electron chi connectivity index (χ4n) is 0.230. The second-order valence-corrected chi connectivity index (χ2v) is 1.01. The van der Waals surface area contributed by atoms with Crippen LogP contribution in [0.2, 0.25) is 0 Å². The van der Waals surface area contributed by atoms with Gasteiger partial charge in [0.2, 0.25) is 0 Å². The van der Waals surface area contributed by atoms with Crippen molar-refractivity contribution in [2.75, 3.05) is 13.8 Å². The van der Waals surface area contributed by atoms with Gasteiger partial charge in [0.25, 0.3) is 0 Å². The Balaban J connectivity index is 2.12. The van der Waals surface area contributed by atoms with E-state index >= 15 is 0 Å². The van der Waals surface area contributed by atoms with Gasteiger partial charge in [-0.3, -0.25) is 0 Å². The molecule has 0 atom stereocenters. The lowest BCUT2D eigenvalue weighted by Gasteiger charge is -2.19. The highest BCUT2D eigenvalue weighted by molar-refractivity contribution is 3.97. The van der Waals surface area contributed by atoms with Crippen LogP contribution in [-0.2, 0) is 14.6 Å². The Hall–Kier alpha value is -0.200. The van der Waals surface area contributed by atoms with Crippen LogP contribution in [0.5, 0.6) is 0 Å². The van der Waals surface area contributed by atoms with E-state index in [9.17, 15) is 0 Å². The minimum atomic E-state index is 0.177. The Labute approximate surface area is 40.6 Å². The lowest BCUT2D eigenvalue weighted by molar-refractivity contribution is -0.499. The number of rotatable bonds is 0. The van der Waals surface area contributed by atoms with E-state index in [0.29, 0.717) is 0 Å². The smallest absolute Gasteiger partial charge is 0.192 e. The summed E-state index contributed by atoms with van der Waals surface area (Å²) in [7, 11) is 1.61. The van der Waals surface area contributed by atoms with Crippen LogP contribution in [0.25, 0.3) is 0 Å². The zero-order valence-electron chi connectivity index (χ0n) is 3.88. The van der Waals surface area contributed by atoms with E-state index in [4.69, 9.17) is 0 Å². The van der Waals surface area contributed by atoms with Crippen LogP contribution < -0.4 is 5.64 Å². The topological polar surface area (TPSA) is 43.0 Å². The van der Waals surface area contributed by atoms with Gasteiger partial charge in [0, 0.05) is 7.05 Å². The third-order valence-electron chi connectivity index (χ3n) is 0.518. The van der Waals surface area contributed by atoms with E-state index < -0.39 is 0 Å². The van der Waals surface area contributed by atoms with Crippen LogP contribution in [0.1, 0.15) is 0 Å². The van der Waals surface area contributed by atoms with Crippen molar-refractivity contribution in [3.63, 3.8) is 0 Å². The number of hydrogen-bond acceptors (Lipinski definition) is 5. The van der Waals surface area contributed by atoms with Crippen molar-refractivity contribution in [1.82, 2.24) is 10.9 Å². The van der Waals surface area contributed by atoms with Crippen molar-refractivity contribution >= 4 is 0 Å². The molecule has 7 heavy (non-hydrogen) atoms. The van der Waals surface area contributed by atoms with Gasteiger partial charge >= 0.3 is 0 Å². The maximum Gasteiger partial charge on any atom is 0.192 e. The number of hydroxylamine groups is 2. The SMILES string of the molecule is CN1OCONO1. The van der Waals surface area contributed by atoms with Crippen molar-refractivity contribution in [2.24, 2.45) is 0 Å². The van der Waals surface area contributed by atoms with Gasteiger partial charge in [-0.1, -0.05) is 5.64 Å². The molecule has 1 aliphatic rings. The van der Waals surface area contributed by atoms with Gasteiger partial charge in [-0.05, 0) is 5.23 Å². The summed E-state index contributed by atoms with van der Waals surface area (Å²) in [6.07, 6.45) is 0. The van der Waals surface area contributed by atoms with Gasteiger partial charge < -0.3 is 0 Å². The Bertz CT molecular complexity index is 52.9. The molecule has 42 valence electrons. The van der Waals surface area contributed by atoms with E-state index in [1.54, 1.807) is 7.05 Å². The number of hydrogen-bond donors (Lipinski definition) is 1. The Morgan fingerprint density at radius 1 is 1.71 bits per heavy atom. The molecule has 0 spiro atoms. The molecule has 1 aliphatic heterocycles. The van der Waals surface area contributed by atoms with Crippen molar-refractivity contribution < 1.29 is 14.6 Å². The first-order valence-electron chi connectivity index (χ1n) is 1.80. The molecule has 1 fully saturated rings. The van der Waals surface area contributed by atoms with E-state index in [1.165, 1.54) is 0 Å². The highest BCUT2D eigenvalue weighted by Crippen LogP contribution is 1.88. The average Bonchev–Trinajstić information content (AvgIpc) is 1.69. The molecule has 0 saturated carbocycles. The van der Waals surface area contributed by atoms with Crippen LogP contribution >= 0.6 is 0 Å². The second kappa shape index (κ2) is 2.20. The van der Waals surface area contributed by atoms with Crippen LogP contribution in [0.4, 0.5) is 0 Å². The van der Waals surface area contributed by atoms with Gasteiger partial charge in [0.1, 0.15) is 0 Å². The summed E-state index contributed by atoms with van der Waals surface area (Å²) in [5.74, 6) is 0. The monoisotopic (exact) mass is 106 g/mol. The Morgan fingerprint density at radius 2 is 2.57 bits per heavy atom. The lowest BCUT2D eigenvalue weighted by atomic mass is 11.4. The zero-order chi connectivity index (χ0) is 5.11. The van der Waals surface area contributed by atoms with E-state index in [-0.39, 0.29) is 6.79 Å². The minimum absolute atomic E-state index is 0.177. The summed E-state index contributed by atoms with van der Waals surface area (Å²) < 4.78 is 0. The highest BCUT2D eigenvalue weighted by Gasteiger charge is 2.03. The van der Waals surface area contributed by atoms with Crippen LogP contribution in [0.15, 0.2) is 0 Å². The molecule has 0 unspecified atom stereocenters. The summed E-state index contributed by atoms with van der Waals surface area (Å²) in [6, 6.07) is 0. The van der Waals surface area contributed by atoms with Crippen molar-refractivity contribution in [3.8, 4) is 0 Å². The van der Waals surface area contributed by atoms with Gasteiger partial charge in [0.05, 0.1) is 0 Å². The highest BCUT2D eigenvalue weighted by atomic mass is 17.2. The lowest BCUT2D eigenvalue weighted by Crippen LogP contribution is -2.36. The van der Waals surface area contributed by atoms with Gasteiger partial charge in [-0.25, -0.2) is 9.68 Å². The van der Waals surface area contributed by atoms with Crippen molar-refractivity contribution in [3.05, 3.63) is 0 Å². The molecule has 0 amide bonds. The van der Waals surface area contributed by atoms with Gasteiger partial charge in [0.15, 0.2) is 6.79 Å². The van der Waals surface area contributed by atoms with E-state index in [2.05, 4.69) is 20.3 Å². The van der Waals surface area contributed by atoms with Gasteiger partial charge in [-0.15, -0.1) is 0 Å². The zero-order valence-corrected chi connectivity index (χ0v) is 3.88. The van der Waals surface area contributed by atoms with Crippen molar-refractivity contribution in [2.45, 2.75) is 0 Å². The molecule has 0 aromatic heterocycles. The maximum atomic E-state index is 4.60. The summed E-state index contributed by atoms with van der Waals surface area (Å²) in [5, 5.41) is 1.16. The summed E-state index contributed by atoms with van der Waals surface area (Å²) in [5.41, 5.74) is 2.14. The predicted molar refractivity (Wildman–Crippen MR) is 19.0 cm³/mol. The number of nitrogens with zero attached hydrogens (tertiary/aromatic N) is 1. The molecule has 1 heterocycles. The molecule has 0 radical (unpaired) electrons. The largest absolute Gasteiger partial charge is 0.245 e. The molecule has 1 N–H and O–H groups in total. The Morgan fingerprint density at radius 3 is 2.86 bits per heavy atom. The first-order chi connectivity index (χ1) is 3.39. The van der Waals surface area contributed by atoms with Crippen LogP contribution in [0, 0.1) is 0 Å². The normalized spacial score (nSPS) is 25.3. The fraction of sp³-hybridized carbons (Fsp3) is 1.00. The van der Waals surface area contributed by atoms with Crippen LogP contribution in [-0.4, -0.2) is 19.1 Å². The first kappa shape index (κ1) is 4.95. The summed E-state index contributed by atoms with van der Waals surface area (Å²) in [4.78, 5) is 13.4. The maximum absolute atomic E-state index is 4.60. The standard InChI is InChI=1S/C2H6N2O3/c1-4-6-2-5-3-7-4/h3H,2H2,1H3. The Kier molecular flexibility index (Phi) is 1.55. The molecule has 0 bridgehead atoms. The third kappa shape index (κ3) is 1.38. The first-order valence-corrected chi connectivity index (χ1v) is 1.80. The average molecular weight is 106 g/mol. The third-order valence-corrected chi connectivity index (χ3v) is 0.518. The number of nitrogens with one attached hydrogen (secondary N) is 1. The quantitative estimate of drug-likeness (QED) is 0.437.